The summed E-state index contributed by atoms with van der Waals surface area (Å²) in [4.78, 5) is 39.0. The number of hydrogen-bond acceptors (Lipinski definition) is 7. The molecule has 32 heavy (non-hydrogen) atoms. The van der Waals surface area contributed by atoms with Crippen LogP contribution in [0.1, 0.15) is 15.9 Å². The Morgan fingerprint density at radius 2 is 1.78 bits per heavy atom. The van der Waals surface area contributed by atoms with E-state index in [0.717, 1.165) is 0 Å². The average molecular weight is 440 g/mol. The molecule has 3 amide bonds. The van der Waals surface area contributed by atoms with Crippen LogP contribution in [0.25, 0.3) is 0 Å². The molecule has 0 aliphatic carbocycles. The fraction of sp³-hybridized carbons (Fsp3) is 0.273. The lowest BCUT2D eigenvalue weighted by atomic mass is 10.1. The number of benzene rings is 2. The fourth-order valence-corrected chi connectivity index (χ4v) is 3.05. The van der Waals surface area contributed by atoms with Gasteiger partial charge in [-0.15, -0.1) is 0 Å². The third kappa shape index (κ3) is 5.61. The normalized spacial score (nSPS) is 13.5. The molecule has 0 atom stereocenters. The molecule has 10 nitrogen and oxygen atoms in total. The zero-order valence-electron chi connectivity index (χ0n) is 17.8. The summed E-state index contributed by atoms with van der Waals surface area (Å²) in [5, 5.41) is 6.28. The predicted molar refractivity (Wildman–Crippen MR) is 117 cm³/mol. The van der Waals surface area contributed by atoms with Gasteiger partial charge in [-0.1, -0.05) is 12.1 Å². The summed E-state index contributed by atoms with van der Waals surface area (Å²) in [6, 6.07) is 11.6. The molecule has 1 aliphatic rings. The van der Waals surface area contributed by atoms with E-state index in [1.54, 1.807) is 47.4 Å². The van der Waals surface area contributed by atoms with Gasteiger partial charge in [0.15, 0.2) is 0 Å². The van der Waals surface area contributed by atoms with E-state index in [4.69, 9.17) is 14.2 Å². The molecule has 0 aromatic heterocycles. The van der Waals surface area contributed by atoms with E-state index in [1.807, 2.05) is 0 Å². The summed E-state index contributed by atoms with van der Waals surface area (Å²) in [7, 11) is 3.03. The minimum Gasteiger partial charge on any atom is -0.497 e. The molecule has 168 valence electrons. The zero-order valence-corrected chi connectivity index (χ0v) is 17.8. The topological polar surface area (TPSA) is 119 Å². The standard InChI is InChI=1S/C22H24N4O6/c1-30-16-7-8-19(31-2)15(13-16)14-23-25-21(28)20(27)24-18-6-4-3-5-17(18)22(29)26-9-11-32-12-10-26/h3-8,13-14H,9-12H2,1-2H3,(H,24,27)(H,25,28)/b23-14-. The maximum Gasteiger partial charge on any atom is 0.329 e. The molecule has 1 fully saturated rings. The number of hydrazone groups is 1. The first-order valence-corrected chi connectivity index (χ1v) is 9.86. The molecule has 2 aromatic rings. The van der Waals surface area contributed by atoms with Crippen molar-refractivity contribution in [1.82, 2.24) is 10.3 Å². The highest BCUT2D eigenvalue weighted by molar-refractivity contribution is 6.40. The highest BCUT2D eigenvalue weighted by Gasteiger charge is 2.22. The van der Waals surface area contributed by atoms with Gasteiger partial charge in [0.2, 0.25) is 0 Å². The number of anilines is 1. The molecule has 2 N–H and O–H groups in total. The second-order valence-electron chi connectivity index (χ2n) is 6.71. The van der Waals surface area contributed by atoms with Crippen molar-refractivity contribution in [3.05, 3.63) is 53.6 Å². The Morgan fingerprint density at radius 1 is 1.03 bits per heavy atom. The number of nitrogens with zero attached hydrogens (tertiary/aromatic N) is 2. The number of ether oxygens (including phenoxy) is 3. The van der Waals surface area contributed by atoms with Gasteiger partial charge >= 0.3 is 11.8 Å². The van der Waals surface area contributed by atoms with Gasteiger partial charge in [-0.05, 0) is 30.3 Å². The minimum absolute atomic E-state index is 0.239. The van der Waals surface area contributed by atoms with Crippen molar-refractivity contribution in [3.8, 4) is 11.5 Å². The van der Waals surface area contributed by atoms with Crippen molar-refractivity contribution in [2.24, 2.45) is 5.10 Å². The van der Waals surface area contributed by atoms with Crippen molar-refractivity contribution < 1.29 is 28.6 Å². The molecule has 1 saturated heterocycles. The largest absolute Gasteiger partial charge is 0.497 e. The summed E-state index contributed by atoms with van der Waals surface area (Å²) in [6.07, 6.45) is 1.34. The number of methoxy groups -OCH3 is 2. The maximum absolute atomic E-state index is 12.8. The van der Waals surface area contributed by atoms with E-state index >= 15 is 0 Å². The van der Waals surface area contributed by atoms with Gasteiger partial charge in [0.25, 0.3) is 5.91 Å². The van der Waals surface area contributed by atoms with Crippen LogP contribution in [0.3, 0.4) is 0 Å². The van der Waals surface area contributed by atoms with Gasteiger partial charge in [-0.2, -0.15) is 5.10 Å². The molecule has 0 unspecified atom stereocenters. The van der Waals surface area contributed by atoms with Crippen molar-refractivity contribution >= 4 is 29.6 Å². The molecular formula is C22H24N4O6. The first kappa shape index (κ1) is 22.8. The van der Waals surface area contributed by atoms with Gasteiger partial charge in [0.1, 0.15) is 11.5 Å². The highest BCUT2D eigenvalue weighted by Crippen LogP contribution is 2.22. The maximum atomic E-state index is 12.8. The number of carbonyl (C=O) groups is 3. The minimum atomic E-state index is -0.989. The van der Waals surface area contributed by atoms with E-state index in [1.165, 1.54) is 20.4 Å². The fourth-order valence-electron chi connectivity index (χ4n) is 3.05. The van der Waals surface area contributed by atoms with Crippen molar-refractivity contribution in [3.63, 3.8) is 0 Å². The van der Waals surface area contributed by atoms with Crippen LogP contribution in [-0.4, -0.2) is 69.4 Å². The van der Waals surface area contributed by atoms with Crippen molar-refractivity contribution in [2.45, 2.75) is 0 Å². The summed E-state index contributed by atoms with van der Waals surface area (Å²) in [6.45, 7) is 1.84. The Morgan fingerprint density at radius 3 is 2.50 bits per heavy atom. The molecule has 2 aromatic carbocycles. The summed E-state index contributed by atoms with van der Waals surface area (Å²) >= 11 is 0. The molecule has 0 radical (unpaired) electrons. The number of morpholine rings is 1. The third-order valence-corrected chi connectivity index (χ3v) is 4.72. The summed E-state index contributed by atoms with van der Waals surface area (Å²) in [5.74, 6) is -1.09. The second-order valence-corrected chi connectivity index (χ2v) is 6.71. The van der Waals surface area contributed by atoms with Crippen molar-refractivity contribution in [1.29, 1.82) is 0 Å². The van der Waals surface area contributed by atoms with E-state index in [0.29, 0.717) is 48.9 Å². The summed E-state index contributed by atoms with van der Waals surface area (Å²) < 4.78 is 15.7. The molecule has 0 spiro atoms. The van der Waals surface area contributed by atoms with E-state index in [9.17, 15) is 14.4 Å². The number of amides is 3. The Labute approximate surface area is 185 Å². The second kappa shape index (κ2) is 10.9. The smallest absolute Gasteiger partial charge is 0.329 e. The number of carbonyl (C=O) groups excluding carboxylic acids is 3. The monoisotopic (exact) mass is 440 g/mol. The molecule has 0 bridgehead atoms. The lowest BCUT2D eigenvalue weighted by Crippen LogP contribution is -2.41. The van der Waals surface area contributed by atoms with Crippen LogP contribution in [0.5, 0.6) is 11.5 Å². The Balaban J connectivity index is 1.65. The van der Waals surface area contributed by atoms with Gasteiger partial charge < -0.3 is 24.4 Å². The molecule has 10 heteroatoms. The van der Waals surface area contributed by atoms with Crippen LogP contribution in [-0.2, 0) is 14.3 Å². The number of rotatable bonds is 6. The predicted octanol–water partition coefficient (Wildman–Crippen LogP) is 1.26. The number of para-hydroxylation sites is 1. The SMILES string of the molecule is COc1ccc(OC)c(/C=N\NC(=O)C(=O)Nc2ccccc2C(=O)N2CCOCC2)c1. The first-order valence-electron chi connectivity index (χ1n) is 9.86. The van der Waals surface area contributed by atoms with Crippen LogP contribution in [0.4, 0.5) is 5.69 Å². The molecule has 0 saturated carbocycles. The quantitative estimate of drug-likeness (QED) is 0.397. The third-order valence-electron chi connectivity index (χ3n) is 4.72. The molecule has 3 rings (SSSR count). The average Bonchev–Trinajstić information content (AvgIpc) is 2.84. The van der Waals surface area contributed by atoms with E-state index in [2.05, 4.69) is 15.8 Å². The number of hydrogen-bond donors (Lipinski definition) is 2. The van der Waals surface area contributed by atoms with Gasteiger partial charge in [0.05, 0.1) is 44.9 Å². The summed E-state index contributed by atoms with van der Waals surface area (Å²) in [5.41, 5.74) is 3.24. The van der Waals surface area contributed by atoms with Gasteiger partial charge in [-0.25, -0.2) is 5.43 Å². The van der Waals surface area contributed by atoms with Gasteiger partial charge in [0, 0.05) is 18.7 Å². The Bertz CT molecular complexity index is 1020. The van der Waals surface area contributed by atoms with Crippen LogP contribution >= 0.6 is 0 Å². The lowest BCUT2D eigenvalue weighted by molar-refractivity contribution is -0.136. The van der Waals surface area contributed by atoms with Crippen LogP contribution < -0.4 is 20.2 Å². The van der Waals surface area contributed by atoms with E-state index < -0.39 is 11.8 Å². The molecule has 1 aliphatic heterocycles. The van der Waals surface area contributed by atoms with Crippen LogP contribution in [0, 0.1) is 0 Å². The zero-order chi connectivity index (χ0) is 22.9. The Hall–Kier alpha value is -3.92. The number of nitrogens with one attached hydrogen (secondary N) is 2. The van der Waals surface area contributed by atoms with Crippen LogP contribution in [0.15, 0.2) is 47.6 Å². The molecule has 1 heterocycles. The molecular weight excluding hydrogens is 416 g/mol. The first-order chi connectivity index (χ1) is 15.5. The van der Waals surface area contributed by atoms with Crippen LogP contribution in [0.2, 0.25) is 0 Å². The van der Waals surface area contributed by atoms with E-state index in [-0.39, 0.29) is 11.6 Å². The lowest BCUT2D eigenvalue weighted by Gasteiger charge is -2.27. The Kier molecular flexibility index (Phi) is 7.76. The van der Waals surface area contributed by atoms with Gasteiger partial charge in [-0.3, -0.25) is 14.4 Å². The highest BCUT2D eigenvalue weighted by atomic mass is 16.5. The van der Waals surface area contributed by atoms with Crippen molar-refractivity contribution in [2.75, 3.05) is 45.8 Å².